The highest BCUT2D eigenvalue weighted by Gasteiger charge is 2.10. The predicted octanol–water partition coefficient (Wildman–Crippen LogP) is 2.56. The van der Waals surface area contributed by atoms with Crippen LogP contribution in [0.5, 0.6) is 0 Å². The number of hydrogen-bond donors (Lipinski definition) is 1. The maximum Gasteiger partial charge on any atom is 0.254 e. The molecule has 0 radical (unpaired) electrons. The molecule has 4 heteroatoms. The van der Waals surface area contributed by atoms with Crippen molar-refractivity contribution in [1.29, 1.82) is 5.26 Å². The fraction of sp³-hybridized carbons (Fsp3) is 0.385. The van der Waals surface area contributed by atoms with E-state index in [-0.39, 0.29) is 5.56 Å². The summed E-state index contributed by atoms with van der Waals surface area (Å²) < 4.78 is 13.4. The van der Waals surface area contributed by atoms with Crippen molar-refractivity contribution < 1.29 is 9.18 Å². The fourth-order valence-corrected chi connectivity index (χ4v) is 1.43. The van der Waals surface area contributed by atoms with Crippen LogP contribution >= 0.6 is 0 Å². The van der Waals surface area contributed by atoms with Gasteiger partial charge in [0.25, 0.3) is 5.91 Å². The van der Waals surface area contributed by atoms with Gasteiger partial charge in [0.1, 0.15) is 5.82 Å². The molecule has 0 aliphatic rings. The van der Waals surface area contributed by atoms with Gasteiger partial charge in [-0.15, -0.1) is 0 Å². The summed E-state index contributed by atoms with van der Waals surface area (Å²) in [5, 5.41) is 11.0. The Morgan fingerprint density at radius 1 is 1.47 bits per heavy atom. The maximum absolute atomic E-state index is 13.4. The van der Waals surface area contributed by atoms with Gasteiger partial charge in [-0.2, -0.15) is 5.26 Å². The van der Waals surface area contributed by atoms with E-state index in [4.69, 9.17) is 5.26 Å². The van der Waals surface area contributed by atoms with Crippen LogP contribution in [0.2, 0.25) is 0 Å². The van der Waals surface area contributed by atoms with Crippen LogP contribution in [-0.4, -0.2) is 12.5 Å². The monoisotopic (exact) mass is 234 g/mol. The molecule has 90 valence electrons. The third kappa shape index (κ3) is 4.23. The van der Waals surface area contributed by atoms with E-state index in [0.29, 0.717) is 13.0 Å². The third-order valence-corrected chi connectivity index (χ3v) is 2.37. The number of nitriles is 1. The molecular formula is C13H15FN2O. The molecule has 0 aliphatic heterocycles. The number of hydrogen-bond acceptors (Lipinski definition) is 2. The van der Waals surface area contributed by atoms with Gasteiger partial charge in [-0.05, 0) is 37.5 Å². The molecule has 0 aromatic heterocycles. The van der Waals surface area contributed by atoms with Crippen LogP contribution in [0.3, 0.4) is 0 Å². The van der Waals surface area contributed by atoms with Crippen LogP contribution in [0.1, 0.15) is 35.2 Å². The standard InChI is InChI=1S/C13H15FN2O/c1-10-5-6-11(12(14)9-10)13(17)16-8-4-2-3-7-15/h5-6,9H,2-4,8H2,1H3,(H,16,17). The van der Waals surface area contributed by atoms with Gasteiger partial charge in [0.15, 0.2) is 0 Å². The van der Waals surface area contributed by atoms with Gasteiger partial charge in [0, 0.05) is 13.0 Å². The Bertz CT molecular complexity index is 438. The van der Waals surface area contributed by atoms with Gasteiger partial charge in [0.2, 0.25) is 0 Å². The Morgan fingerprint density at radius 2 is 2.24 bits per heavy atom. The lowest BCUT2D eigenvalue weighted by Gasteiger charge is -2.05. The number of carbonyl (C=O) groups excluding carboxylic acids is 1. The van der Waals surface area contributed by atoms with Crippen molar-refractivity contribution in [1.82, 2.24) is 5.32 Å². The van der Waals surface area contributed by atoms with Crippen LogP contribution in [0.15, 0.2) is 18.2 Å². The van der Waals surface area contributed by atoms with E-state index in [9.17, 15) is 9.18 Å². The summed E-state index contributed by atoms with van der Waals surface area (Å²) in [4.78, 5) is 11.6. The van der Waals surface area contributed by atoms with E-state index in [1.807, 2.05) is 6.07 Å². The number of rotatable bonds is 5. The summed E-state index contributed by atoms with van der Waals surface area (Å²) in [6, 6.07) is 6.55. The average Bonchev–Trinajstić information content (AvgIpc) is 2.28. The van der Waals surface area contributed by atoms with Crippen LogP contribution in [0.4, 0.5) is 4.39 Å². The lowest BCUT2D eigenvalue weighted by molar-refractivity contribution is 0.0949. The van der Waals surface area contributed by atoms with Crippen molar-refractivity contribution >= 4 is 5.91 Å². The van der Waals surface area contributed by atoms with Crippen molar-refractivity contribution in [3.05, 3.63) is 35.1 Å². The van der Waals surface area contributed by atoms with E-state index in [2.05, 4.69) is 5.32 Å². The Labute approximate surface area is 100 Å². The first-order valence-electron chi connectivity index (χ1n) is 5.56. The van der Waals surface area contributed by atoms with Crippen LogP contribution in [0, 0.1) is 24.1 Å². The molecule has 3 nitrogen and oxygen atoms in total. The van der Waals surface area contributed by atoms with Crippen LogP contribution < -0.4 is 5.32 Å². The first-order chi connectivity index (χ1) is 8.15. The lowest BCUT2D eigenvalue weighted by Crippen LogP contribution is -2.25. The highest BCUT2D eigenvalue weighted by molar-refractivity contribution is 5.94. The zero-order valence-corrected chi connectivity index (χ0v) is 9.79. The Morgan fingerprint density at radius 3 is 2.88 bits per heavy atom. The van der Waals surface area contributed by atoms with E-state index in [1.54, 1.807) is 13.0 Å². The molecular weight excluding hydrogens is 219 g/mol. The van der Waals surface area contributed by atoms with E-state index in [0.717, 1.165) is 18.4 Å². The molecule has 1 rings (SSSR count). The van der Waals surface area contributed by atoms with Crippen molar-refractivity contribution in [2.24, 2.45) is 0 Å². The zero-order chi connectivity index (χ0) is 12.7. The van der Waals surface area contributed by atoms with Gasteiger partial charge in [0.05, 0.1) is 11.6 Å². The summed E-state index contributed by atoms with van der Waals surface area (Å²) in [5.74, 6) is -0.904. The Hall–Kier alpha value is -1.89. The SMILES string of the molecule is Cc1ccc(C(=O)NCCCCC#N)c(F)c1. The maximum atomic E-state index is 13.4. The zero-order valence-electron chi connectivity index (χ0n) is 9.79. The first kappa shape index (κ1) is 13.2. The minimum absolute atomic E-state index is 0.0656. The topological polar surface area (TPSA) is 52.9 Å². The van der Waals surface area contributed by atoms with Gasteiger partial charge in [-0.3, -0.25) is 4.79 Å². The third-order valence-electron chi connectivity index (χ3n) is 2.37. The Kier molecular flexibility index (Phi) is 5.15. The summed E-state index contributed by atoms with van der Waals surface area (Å²) in [6.45, 7) is 2.24. The molecule has 1 N–H and O–H groups in total. The quantitative estimate of drug-likeness (QED) is 0.796. The molecule has 0 heterocycles. The minimum atomic E-state index is -0.500. The number of benzene rings is 1. The number of nitrogens with zero attached hydrogens (tertiary/aromatic N) is 1. The van der Waals surface area contributed by atoms with Gasteiger partial charge in [-0.25, -0.2) is 4.39 Å². The molecule has 0 spiro atoms. The van der Waals surface area contributed by atoms with E-state index in [1.165, 1.54) is 12.1 Å². The molecule has 0 saturated heterocycles. The second-order valence-electron chi connectivity index (χ2n) is 3.85. The van der Waals surface area contributed by atoms with Crippen LogP contribution in [-0.2, 0) is 0 Å². The number of unbranched alkanes of at least 4 members (excludes halogenated alkanes) is 2. The minimum Gasteiger partial charge on any atom is -0.352 e. The summed E-state index contributed by atoms with van der Waals surface area (Å²) in [7, 11) is 0. The molecule has 1 aromatic carbocycles. The average molecular weight is 234 g/mol. The van der Waals surface area contributed by atoms with Crippen molar-refractivity contribution in [2.45, 2.75) is 26.2 Å². The van der Waals surface area contributed by atoms with Crippen molar-refractivity contribution in [3.63, 3.8) is 0 Å². The first-order valence-corrected chi connectivity index (χ1v) is 5.56. The second-order valence-corrected chi connectivity index (χ2v) is 3.85. The Balaban J connectivity index is 2.45. The normalized spacial score (nSPS) is 9.71. The predicted molar refractivity (Wildman–Crippen MR) is 62.9 cm³/mol. The molecule has 0 aliphatic carbocycles. The number of nitrogens with one attached hydrogen (secondary N) is 1. The molecule has 1 amide bonds. The number of halogens is 1. The largest absolute Gasteiger partial charge is 0.352 e. The molecule has 0 saturated carbocycles. The molecule has 0 bridgehead atoms. The van der Waals surface area contributed by atoms with Gasteiger partial charge < -0.3 is 5.32 Å². The second kappa shape index (κ2) is 6.64. The summed E-state index contributed by atoms with van der Waals surface area (Å²) >= 11 is 0. The molecule has 17 heavy (non-hydrogen) atoms. The van der Waals surface area contributed by atoms with Crippen LogP contribution in [0.25, 0.3) is 0 Å². The molecule has 0 atom stereocenters. The number of carbonyl (C=O) groups is 1. The van der Waals surface area contributed by atoms with E-state index >= 15 is 0 Å². The number of aryl methyl sites for hydroxylation is 1. The molecule has 0 unspecified atom stereocenters. The fourth-order valence-electron chi connectivity index (χ4n) is 1.43. The summed E-state index contributed by atoms with van der Waals surface area (Å²) in [6.07, 6.45) is 1.95. The van der Waals surface area contributed by atoms with Crippen molar-refractivity contribution in [3.8, 4) is 6.07 Å². The summed E-state index contributed by atoms with van der Waals surface area (Å²) in [5.41, 5.74) is 0.851. The van der Waals surface area contributed by atoms with Gasteiger partial charge >= 0.3 is 0 Å². The molecule has 0 fully saturated rings. The highest BCUT2D eigenvalue weighted by Crippen LogP contribution is 2.09. The smallest absolute Gasteiger partial charge is 0.254 e. The van der Waals surface area contributed by atoms with Gasteiger partial charge in [-0.1, -0.05) is 6.07 Å². The number of amides is 1. The van der Waals surface area contributed by atoms with Crippen molar-refractivity contribution in [2.75, 3.05) is 6.54 Å². The molecule has 1 aromatic rings. The highest BCUT2D eigenvalue weighted by atomic mass is 19.1. The lowest BCUT2D eigenvalue weighted by atomic mass is 10.1. The van der Waals surface area contributed by atoms with E-state index < -0.39 is 11.7 Å².